The summed E-state index contributed by atoms with van der Waals surface area (Å²) in [5.41, 5.74) is 1.88. The van der Waals surface area contributed by atoms with Gasteiger partial charge >= 0.3 is 5.63 Å². The highest BCUT2D eigenvalue weighted by atomic mass is 16.4. The largest absolute Gasteiger partial charge is 0.431 e. The summed E-state index contributed by atoms with van der Waals surface area (Å²) in [6, 6.07) is 1.61. The van der Waals surface area contributed by atoms with E-state index >= 15 is 0 Å². The Hall–Kier alpha value is -1.05. The van der Waals surface area contributed by atoms with Crippen LogP contribution in [-0.2, 0) is 10.8 Å². The first kappa shape index (κ1) is 12.0. The molecule has 0 aliphatic carbocycles. The van der Waals surface area contributed by atoms with Gasteiger partial charge in [-0.1, -0.05) is 41.5 Å². The SMILES string of the molecule is CC(C)(C)c1coc(=O)cc1C(C)(C)C. The minimum Gasteiger partial charge on any atom is -0.431 e. The molecule has 0 radical (unpaired) electrons. The van der Waals surface area contributed by atoms with E-state index in [0.29, 0.717) is 0 Å². The Labute approximate surface area is 91.3 Å². The molecule has 0 bridgehead atoms. The lowest BCUT2D eigenvalue weighted by atomic mass is 9.76. The predicted octanol–water partition coefficient (Wildman–Crippen LogP) is 3.23. The summed E-state index contributed by atoms with van der Waals surface area (Å²) < 4.78 is 4.97. The van der Waals surface area contributed by atoms with E-state index in [2.05, 4.69) is 41.5 Å². The molecular formula is C13H20O2. The van der Waals surface area contributed by atoms with E-state index in [9.17, 15) is 4.79 Å². The Balaban J connectivity index is 3.48. The molecule has 0 atom stereocenters. The molecule has 1 rings (SSSR count). The summed E-state index contributed by atoms with van der Waals surface area (Å²) in [4.78, 5) is 11.2. The van der Waals surface area contributed by atoms with Crippen LogP contribution in [0.2, 0.25) is 0 Å². The zero-order chi connectivity index (χ0) is 11.9. The monoisotopic (exact) mass is 208 g/mol. The van der Waals surface area contributed by atoms with Crippen LogP contribution < -0.4 is 5.63 Å². The number of rotatable bonds is 0. The predicted molar refractivity (Wildman–Crippen MR) is 62.4 cm³/mol. The highest BCUT2D eigenvalue weighted by molar-refractivity contribution is 5.33. The lowest BCUT2D eigenvalue weighted by molar-refractivity contribution is 0.452. The molecule has 0 aliphatic rings. The van der Waals surface area contributed by atoms with E-state index in [0.717, 1.165) is 11.1 Å². The van der Waals surface area contributed by atoms with Crippen LogP contribution in [0.5, 0.6) is 0 Å². The summed E-state index contributed by atoms with van der Waals surface area (Å²) in [6.45, 7) is 12.7. The Morgan fingerprint density at radius 1 is 0.933 bits per heavy atom. The van der Waals surface area contributed by atoms with E-state index in [-0.39, 0.29) is 16.5 Å². The molecule has 0 saturated carbocycles. The molecule has 0 aromatic carbocycles. The Kier molecular flexibility index (Phi) is 2.81. The van der Waals surface area contributed by atoms with Gasteiger partial charge in [-0.2, -0.15) is 0 Å². The first-order valence-electron chi connectivity index (χ1n) is 5.26. The molecule has 2 heteroatoms. The van der Waals surface area contributed by atoms with Gasteiger partial charge in [-0.15, -0.1) is 0 Å². The van der Waals surface area contributed by atoms with Gasteiger partial charge in [0.05, 0.1) is 6.26 Å². The maximum absolute atomic E-state index is 11.2. The molecule has 0 saturated heterocycles. The van der Waals surface area contributed by atoms with E-state index in [4.69, 9.17) is 4.42 Å². The van der Waals surface area contributed by atoms with Crippen molar-refractivity contribution in [2.75, 3.05) is 0 Å². The van der Waals surface area contributed by atoms with Crippen molar-refractivity contribution in [3.05, 3.63) is 33.9 Å². The highest BCUT2D eigenvalue weighted by Crippen LogP contribution is 2.32. The molecule has 0 unspecified atom stereocenters. The fraction of sp³-hybridized carbons (Fsp3) is 0.615. The Morgan fingerprint density at radius 3 is 1.80 bits per heavy atom. The van der Waals surface area contributed by atoms with Crippen molar-refractivity contribution in [3.8, 4) is 0 Å². The van der Waals surface area contributed by atoms with Gasteiger partial charge in [0.1, 0.15) is 0 Å². The molecule has 84 valence electrons. The van der Waals surface area contributed by atoms with Crippen LogP contribution in [0, 0.1) is 0 Å². The second-order valence-electron chi connectivity index (χ2n) is 6.03. The van der Waals surface area contributed by atoms with Crippen LogP contribution >= 0.6 is 0 Å². The minimum absolute atomic E-state index is 0.000185. The third-order valence-electron chi connectivity index (χ3n) is 2.46. The molecule has 1 aromatic heterocycles. The quantitative estimate of drug-likeness (QED) is 0.655. The molecule has 0 amide bonds. The van der Waals surface area contributed by atoms with Gasteiger partial charge < -0.3 is 4.42 Å². The van der Waals surface area contributed by atoms with Crippen molar-refractivity contribution >= 4 is 0 Å². The normalized spacial score (nSPS) is 12.9. The molecule has 0 fully saturated rings. The number of hydrogen-bond acceptors (Lipinski definition) is 2. The maximum Gasteiger partial charge on any atom is 0.335 e. The van der Waals surface area contributed by atoms with Crippen molar-refractivity contribution in [2.24, 2.45) is 0 Å². The summed E-state index contributed by atoms with van der Waals surface area (Å²) in [7, 11) is 0. The van der Waals surface area contributed by atoms with Crippen molar-refractivity contribution < 1.29 is 4.42 Å². The van der Waals surface area contributed by atoms with Crippen molar-refractivity contribution in [1.82, 2.24) is 0 Å². The van der Waals surface area contributed by atoms with Crippen molar-refractivity contribution in [2.45, 2.75) is 52.4 Å². The Bertz CT molecular complexity index is 400. The van der Waals surface area contributed by atoms with E-state index in [1.165, 1.54) is 0 Å². The average Bonchev–Trinajstić information content (AvgIpc) is 2.00. The van der Waals surface area contributed by atoms with E-state index in [1.807, 2.05) is 0 Å². The zero-order valence-corrected chi connectivity index (χ0v) is 10.5. The summed E-state index contributed by atoms with van der Waals surface area (Å²) in [6.07, 6.45) is 1.60. The first-order valence-corrected chi connectivity index (χ1v) is 5.26. The molecule has 0 aliphatic heterocycles. The lowest BCUT2D eigenvalue weighted by Gasteiger charge is -2.28. The van der Waals surface area contributed by atoms with Crippen LogP contribution in [0.3, 0.4) is 0 Å². The molecule has 0 spiro atoms. The molecule has 0 N–H and O–H groups in total. The standard InChI is InChI=1S/C13H20O2/c1-12(2,3)9-7-11(14)15-8-10(9)13(4,5)6/h7-8H,1-6H3. The number of hydrogen-bond donors (Lipinski definition) is 0. The van der Waals surface area contributed by atoms with E-state index < -0.39 is 0 Å². The van der Waals surface area contributed by atoms with Gasteiger partial charge in [0.25, 0.3) is 0 Å². The first-order chi connectivity index (χ1) is 6.62. The van der Waals surface area contributed by atoms with Gasteiger partial charge in [-0.05, 0) is 22.0 Å². The molecule has 2 nitrogen and oxygen atoms in total. The van der Waals surface area contributed by atoms with Gasteiger partial charge in [0, 0.05) is 6.07 Å². The maximum atomic E-state index is 11.2. The summed E-state index contributed by atoms with van der Waals surface area (Å²) >= 11 is 0. The lowest BCUT2D eigenvalue weighted by Crippen LogP contribution is -2.23. The van der Waals surface area contributed by atoms with Crippen LogP contribution in [0.4, 0.5) is 0 Å². The van der Waals surface area contributed by atoms with Gasteiger partial charge in [0.15, 0.2) is 0 Å². The van der Waals surface area contributed by atoms with Crippen LogP contribution in [-0.4, -0.2) is 0 Å². The average molecular weight is 208 g/mol. The second-order valence-corrected chi connectivity index (χ2v) is 6.03. The summed E-state index contributed by atoms with van der Waals surface area (Å²) in [5.74, 6) is 0. The smallest absolute Gasteiger partial charge is 0.335 e. The minimum atomic E-state index is -0.270. The molecular weight excluding hydrogens is 188 g/mol. The molecule has 1 aromatic rings. The molecule has 1 heterocycles. The van der Waals surface area contributed by atoms with Gasteiger partial charge in [-0.25, -0.2) is 4.79 Å². The van der Waals surface area contributed by atoms with E-state index in [1.54, 1.807) is 12.3 Å². The summed E-state index contributed by atoms with van der Waals surface area (Å²) in [5, 5.41) is 0. The van der Waals surface area contributed by atoms with Crippen molar-refractivity contribution in [3.63, 3.8) is 0 Å². The van der Waals surface area contributed by atoms with Crippen LogP contribution in [0.25, 0.3) is 0 Å². The van der Waals surface area contributed by atoms with Crippen molar-refractivity contribution in [1.29, 1.82) is 0 Å². The van der Waals surface area contributed by atoms with Gasteiger partial charge in [-0.3, -0.25) is 0 Å². The third kappa shape index (κ3) is 2.71. The fourth-order valence-corrected chi connectivity index (χ4v) is 1.61. The molecule has 15 heavy (non-hydrogen) atoms. The van der Waals surface area contributed by atoms with Gasteiger partial charge in [0.2, 0.25) is 0 Å². The van der Waals surface area contributed by atoms with Crippen LogP contribution in [0.15, 0.2) is 21.5 Å². The second kappa shape index (κ2) is 3.51. The third-order valence-corrected chi connectivity index (χ3v) is 2.46. The fourth-order valence-electron chi connectivity index (χ4n) is 1.61. The zero-order valence-electron chi connectivity index (χ0n) is 10.5. The topological polar surface area (TPSA) is 30.2 Å². The van der Waals surface area contributed by atoms with Crippen LogP contribution in [0.1, 0.15) is 52.7 Å². The Morgan fingerprint density at radius 2 is 1.40 bits per heavy atom. The highest BCUT2D eigenvalue weighted by Gasteiger charge is 2.26.